The van der Waals surface area contributed by atoms with Crippen molar-refractivity contribution in [1.29, 1.82) is 0 Å². The van der Waals surface area contributed by atoms with E-state index in [1.165, 1.54) is 0 Å². The lowest BCUT2D eigenvalue weighted by Gasteiger charge is -2.34. The molecular formula is C22H21NO5. The van der Waals surface area contributed by atoms with Gasteiger partial charge in [-0.3, -0.25) is 9.59 Å². The maximum absolute atomic E-state index is 12.8. The first-order valence-corrected chi connectivity index (χ1v) is 9.59. The molecule has 2 aromatic carbocycles. The van der Waals surface area contributed by atoms with Crippen LogP contribution in [0.4, 0.5) is 0 Å². The number of ether oxygens (including phenoxy) is 3. The summed E-state index contributed by atoms with van der Waals surface area (Å²) in [6, 6.07) is 12.9. The Morgan fingerprint density at radius 2 is 1.86 bits per heavy atom. The molecule has 0 saturated carbocycles. The minimum atomic E-state index is -0.603. The number of Topliss-reactive ketones (excluding diaryl/α,β-unsaturated/α-hetero) is 1. The van der Waals surface area contributed by atoms with Crippen molar-refractivity contribution in [3.8, 4) is 17.2 Å². The zero-order valence-corrected chi connectivity index (χ0v) is 15.5. The van der Waals surface area contributed by atoms with E-state index in [1.54, 1.807) is 11.0 Å². The Bertz CT molecular complexity index is 956. The molecule has 3 aliphatic heterocycles. The van der Waals surface area contributed by atoms with Crippen LogP contribution < -0.4 is 14.2 Å². The Labute approximate surface area is 163 Å². The molecule has 0 bridgehead atoms. The van der Waals surface area contributed by atoms with Crippen LogP contribution in [0.1, 0.15) is 28.8 Å². The number of ketones is 1. The average Bonchev–Trinajstić information content (AvgIpc) is 3.11. The summed E-state index contributed by atoms with van der Waals surface area (Å²) in [6.07, 6.45) is 1.27. The number of hydrogen-bond donors (Lipinski definition) is 0. The normalized spacial score (nSPS) is 22.7. The quantitative estimate of drug-likeness (QED) is 0.803. The van der Waals surface area contributed by atoms with Crippen LogP contribution in [0.3, 0.4) is 0 Å². The van der Waals surface area contributed by atoms with Gasteiger partial charge in [-0.25, -0.2) is 0 Å². The smallest absolute Gasteiger partial charge is 0.227 e. The van der Waals surface area contributed by atoms with E-state index in [2.05, 4.69) is 0 Å². The third-order valence-electron chi connectivity index (χ3n) is 5.63. The molecule has 6 heteroatoms. The number of amides is 1. The Hall–Kier alpha value is -3.02. The molecule has 0 radical (unpaired) electrons. The van der Waals surface area contributed by atoms with E-state index in [0.29, 0.717) is 56.2 Å². The maximum Gasteiger partial charge on any atom is 0.227 e. The number of likely N-dealkylation sites (tertiary alicyclic amines) is 1. The zero-order chi connectivity index (χ0) is 19.1. The van der Waals surface area contributed by atoms with Crippen LogP contribution in [0.25, 0.3) is 0 Å². The van der Waals surface area contributed by atoms with Crippen LogP contribution in [-0.4, -0.2) is 48.5 Å². The van der Waals surface area contributed by atoms with Gasteiger partial charge in [0.2, 0.25) is 5.91 Å². The average molecular weight is 379 g/mol. The monoisotopic (exact) mass is 379 g/mol. The summed E-state index contributed by atoms with van der Waals surface area (Å²) >= 11 is 0. The van der Waals surface area contributed by atoms with E-state index in [9.17, 15) is 9.59 Å². The van der Waals surface area contributed by atoms with Gasteiger partial charge in [-0.15, -0.1) is 0 Å². The predicted octanol–water partition coefficient (Wildman–Crippen LogP) is 2.64. The van der Waals surface area contributed by atoms with Crippen molar-refractivity contribution in [2.45, 2.75) is 24.9 Å². The number of hydrogen-bond acceptors (Lipinski definition) is 5. The largest absolute Gasteiger partial charge is 0.486 e. The molecule has 1 fully saturated rings. The van der Waals surface area contributed by atoms with Gasteiger partial charge in [0.15, 0.2) is 17.3 Å². The molecule has 1 amide bonds. The first-order chi connectivity index (χ1) is 13.6. The highest BCUT2D eigenvalue weighted by molar-refractivity contribution is 6.00. The molecule has 0 aromatic heterocycles. The summed E-state index contributed by atoms with van der Waals surface area (Å²) in [4.78, 5) is 27.2. The van der Waals surface area contributed by atoms with E-state index in [4.69, 9.17) is 14.2 Å². The van der Waals surface area contributed by atoms with Crippen LogP contribution in [0.5, 0.6) is 17.2 Å². The maximum atomic E-state index is 12.8. The predicted molar refractivity (Wildman–Crippen MR) is 101 cm³/mol. The third kappa shape index (κ3) is 2.99. The number of nitrogens with zero attached hydrogens (tertiary/aromatic N) is 1. The Balaban J connectivity index is 1.29. The summed E-state index contributed by atoms with van der Waals surface area (Å²) in [5.74, 6) is 2.15. The molecule has 0 aliphatic carbocycles. The molecule has 5 rings (SSSR count). The molecule has 1 atom stereocenters. The lowest BCUT2D eigenvalue weighted by atomic mass is 9.89. The molecule has 1 spiro atoms. The molecule has 3 heterocycles. The van der Waals surface area contributed by atoms with Crippen molar-refractivity contribution < 1.29 is 23.8 Å². The van der Waals surface area contributed by atoms with Gasteiger partial charge < -0.3 is 19.1 Å². The van der Waals surface area contributed by atoms with Gasteiger partial charge in [0.05, 0.1) is 24.9 Å². The van der Waals surface area contributed by atoms with Crippen molar-refractivity contribution in [3.05, 3.63) is 53.6 Å². The third-order valence-corrected chi connectivity index (χ3v) is 5.63. The topological polar surface area (TPSA) is 65.1 Å². The summed E-state index contributed by atoms with van der Waals surface area (Å²) in [5, 5.41) is 0. The molecule has 1 unspecified atom stereocenters. The summed E-state index contributed by atoms with van der Waals surface area (Å²) in [6.45, 7) is 2.10. The molecule has 0 N–H and O–H groups in total. The first-order valence-electron chi connectivity index (χ1n) is 9.59. The fourth-order valence-electron chi connectivity index (χ4n) is 4.21. The van der Waals surface area contributed by atoms with Crippen molar-refractivity contribution in [1.82, 2.24) is 4.90 Å². The van der Waals surface area contributed by atoms with Crippen LogP contribution in [0.2, 0.25) is 0 Å². The summed E-state index contributed by atoms with van der Waals surface area (Å²) < 4.78 is 17.3. The lowest BCUT2D eigenvalue weighted by molar-refractivity contribution is -0.130. The van der Waals surface area contributed by atoms with Crippen LogP contribution >= 0.6 is 0 Å². The van der Waals surface area contributed by atoms with Gasteiger partial charge in [0.25, 0.3) is 0 Å². The van der Waals surface area contributed by atoms with Crippen molar-refractivity contribution in [2.75, 3.05) is 26.3 Å². The number of rotatable bonds is 2. The first kappa shape index (κ1) is 17.1. The lowest BCUT2D eigenvalue weighted by Crippen LogP contribution is -2.45. The van der Waals surface area contributed by atoms with Crippen molar-refractivity contribution >= 4 is 11.7 Å². The van der Waals surface area contributed by atoms with Gasteiger partial charge >= 0.3 is 0 Å². The highest BCUT2D eigenvalue weighted by Crippen LogP contribution is 2.39. The van der Waals surface area contributed by atoms with E-state index in [1.807, 2.05) is 36.4 Å². The van der Waals surface area contributed by atoms with Gasteiger partial charge in [0, 0.05) is 13.0 Å². The molecule has 6 nitrogen and oxygen atoms in total. The number of para-hydroxylation sites is 1. The highest BCUT2D eigenvalue weighted by Gasteiger charge is 2.46. The van der Waals surface area contributed by atoms with Gasteiger partial charge in [0.1, 0.15) is 24.6 Å². The summed E-state index contributed by atoms with van der Waals surface area (Å²) in [7, 11) is 0. The van der Waals surface area contributed by atoms with Crippen molar-refractivity contribution in [2.24, 2.45) is 0 Å². The van der Waals surface area contributed by atoms with Crippen LogP contribution in [-0.2, 0) is 11.2 Å². The molecule has 144 valence electrons. The highest BCUT2D eigenvalue weighted by atomic mass is 16.6. The number of benzene rings is 2. The number of carbonyl (C=O) groups excluding carboxylic acids is 2. The van der Waals surface area contributed by atoms with Gasteiger partial charge in [-0.2, -0.15) is 0 Å². The van der Waals surface area contributed by atoms with E-state index >= 15 is 0 Å². The van der Waals surface area contributed by atoms with E-state index < -0.39 is 5.60 Å². The standard InChI is InChI=1S/C22H21NO5/c24-17-13-22(28-18-4-2-1-3-16(17)18)7-8-23(14-22)21(25)12-15-5-6-19-20(11-15)27-10-9-26-19/h1-6,11H,7-10,12-14H2. The van der Waals surface area contributed by atoms with Crippen LogP contribution in [0.15, 0.2) is 42.5 Å². The van der Waals surface area contributed by atoms with E-state index in [0.717, 1.165) is 11.3 Å². The minimum absolute atomic E-state index is 0.0310. The Morgan fingerprint density at radius 1 is 1.04 bits per heavy atom. The fraction of sp³-hybridized carbons (Fsp3) is 0.364. The number of carbonyl (C=O) groups is 2. The second kappa shape index (κ2) is 6.55. The van der Waals surface area contributed by atoms with E-state index in [-0.39, 0.29) is 18.1 Å². The SMILES string of the molecule is O=C1CC2(CCN(C(=O)Cc3ccc4c(c3)OCCO4)C2)Oc2ccccc21. The molecule has 3 aliphatic rings. The Kier molecular flexibility index (Phi) is 4.00. The molecule has 2 aromatic rings. The second-order valence-electron chi connectivity index (χ2n) is 7.60. The Morgan fingerprint density at radius 3 is 2.75 bits per heavy atom. The number of fused-ring (bicyclic) bond motifs is 2. The fourth-order valence-corrected chi connectivity index (χ4v) is 4.21. The van der Waals surface area contributed by atoms with Gasteiger partial charge in [-0.05, 0) is 29.8 Å². The van der Waals surface area contributed by atoms with Crippen LogP contribution in [0, 0.1) is 0 Å². The van der Waals surface area contributed by atoms with Gasteiger partial charge in [-0.1, -0.05) is 18.2 Å². The minimum Gasteiger partial charge on any atom is -0.486 e. The molecule has 28 heavy (non-hydrogen) atoms. The second-order valence-corrected chi connectivity index (χ2v) is 7.60. The summed E-state index contributed by atoms with van der Waals surface area (Å²) in [5.41, 5.74) is 0.920. The van der Waals surface area contributed by atoms with Crippen molar-refractivity contribution in [3.63, 3.8) is 0 Å². The zero-order valence-electron chi connectivity index (χ0n) is 15.5. The molecular weight excluding hydrogens is 358 g/mol. The molecule has 1 saturated heterocycles.